The summed E-state index contributed by atoms with van der Waals surface area (Å²) in [5.74, 6) is 0.145. The maximum absolute atomic E-state index is 13.3. The third-order valence-corrected chi connectivity index (χ3v) is 7.18. The summed E-state index contributed by atoms with van der Waals surface area (Å²) in [5, 5.41) is 2.07. The van der Waals surface area contributed by atoms with E-state index in [9.17, 15) is 13.2 Å². The SMILES string of the molecule is Cc1cc(C(=O)Cn2c(CS(C)(=O)=O)nc3ccccc32)c(C)n1CCc1cccs1. The Morgan fingerprint density at radius 2 is 1.87 bits per heavy atom. The van der Waals surface area contributed by atoms with Gasteiger partial charge in [0.15, 0.2) is 15.6 Å². The number of thiophene rings is 1. The molecule has 3 aromatic heterocycles. The van der Waals surface area contributed by atoms with Crippen molar-refractivity contribution in [3.63, 3.8) is 0 Å². The first-order chi connectivity index (χ1) is 14.7. The first kappa shape index (κ1) is 21.5. The standard InChI is InChI=1S/C23H25N3O3S2/c1-16-13-19(17(2)25(16)11-10-18-7-6-12-30-18)22(27)14-26-21-9-5-4-8-20(21)24-23(26)15-31(3,28)29/h4-9,12-13H,10-11,14-15H2,1-3H3. The van der Waals surface area contributed by atoms with Crippen molar-refractivity contribution in [2.24, 2.45) is 0 Å². The molecule has 0 spiro atoms. The average molecular weight is 456 g/mol. The highest BCUT2D eigenvalue weighted by molar-refractivity contribution is 7.89. The summed E-state index contributed by atoms with van der Waals surface area (Å²) in [6.45, 7) is 4.86. The van der Waals surface area contributed by atoms with Gasteiger partial charge in [-0.3, -0.25) is 4.79 Å². The Morgan fingerprint density at radius 3 is 2.58 bits per heavy atom. The summed E-state index contributed by atoms with van der Waals surface area (Å²) >= 11 is 1.74. The molecule has 162 valence electrons. The predicted molar refractivity (Wildman–Crippen MR) is 125 cm³/mol. The van der Waals surface area contributed by atoms with Gasteiger partial charge in [-0.2, -0.15) is 0 Å². The van der Waals surface area contributed by atoms with Crippen molar-refractivity contribution >= 4 is 38.0 Å². The highest BCUT2D eigenvalue weighted by Crippen LogP contribution is 2.22. The number of Topliss-reactive ketones (excluding diaryl/α,β-unsaturated/α-hetero) is 1. The van der Waals surface area contributed by atoms with Crippen LogP contribution < -0.4 is 0 Å². The molecule has 0 fully saturated rings. The lowest BCUT2D eigenvalue weighted by Crippen LogP contribution is -2.16. The molecule has 0 N–H and O–H groups in total. The Morgan fingerprint density at radius 1 is 1.10 bits per heavy atom. The molecule has 0 radical (unpaired) electrons. The van der Waals surface area contributed by atoms with Crippen molar-refractivity contribution in [3.8, 4) is 0 Å². The average Bonchev–Trinajstić information content (AvgIpc) is 3.39. The van der Waals surface area contributed by atoms with Gasteiger partial charge >= 0.3 is 0 Å². The molecule has 3 heterocycles. The van der Waals surface area contributed by atoms with E-state index in [0.29, 0.717) is 16.9 Å². The number of ketones is 1. The van der Waals surface area contributed by atoms with Crippen LogP contribution in [0, 0.1) is 13.8 Å². The fraction of sp³-hybridized carbons (Fsp3) is 0.304. The van der Waals surface area contributed by atoms with Gasteiger partial charge < -0.3 is 9.13 Å². The van der Waals surface area contributed by atoms with Gasteiger partial charge in [-0.05, 0) is 49.9 Å². The van der Waals surface area contributed by atoms with Crippen LogP contribution in [0.1, 0.15) is 32.4 Å². The fourth-order valence-electron chi connectivity index (χ4n) is 3.98. The minimum atomic E-state index is -3.29. The van der Waals surface area contributed by atoms with E-state index in [1.54, 1.807) is 15.9 Å². The molecule has 0 atom stereocenters. The number of fused-ring (bicyclic) bond motifs is 1. The van der Waals surface area contributed by atoms with Crippen molar-refractivity contribution in [1.29, 1.82) is 0 Å². The van der Waals surface area contributed by atoms with Gasteiger partial charge in [-0.1, -0.05) is 18.2 Å². The number of benzene rings is 1. The summed E-state index contributed by atoms with van der Waals surface area (Å²) in [6, 6.07) is 13.5. The number of aryl methyl sites for hydroxylation is 2. The van der Waals surface area contributed by atoms with Crippen molar-refractivity contribution in [2.75, 3.05) is 6.26 Å². The van der Waals surface area contributed by atoms with Gasteiger partial charge in [0, 0.05) is 34.6 Å². The molecule has 1 aromatic carbocycles. The van der Waals surface area contributed by atoms with Crippen LogP contribution in [-0.2, 0) is 35.1 Å². The van der Waals surface area contributed by atoms with Gasteiger partial charge in [0.2, 0.25) is 0 Å². The number of carbonyl (C=O) groups excluding carboxylic acids is 1. The van der Waals surface area contributed by atoms with E-state index in [4.69, 9.17) is 0 Å². The zero-order valence-corrected chi connectivity index (χ0v) is 19.5. The van der Waals surface area contributed by atoms with Crippen LogP contribution in [0.15, 0.2) is 47.8 Å². The maximum atomic E-state index is 13.3. The van der Waals surface area contributed by atoms with E-state index < -0.39 is 9.84 Å². The van der Waals surface area contributed by atoms with Crippen LogP contribution in [-0.4, -0.2) is 34.6 Å². The Bertz CT molecular complexity index is 1350. The van der Waals surface area contributed by atoms with E-state index >= 15 is 0 Å². The van der Waals surface area contributed by atoms with E-state index in [1.165, 1.54) is 11.1 Å². The van der Waals surface area contributed by atoms with Crippen LogP contribution in [0.5, 0.6) is 0 Å². The molecule has 0 saturated heterocycles. The van der Waals surface area contributed by atoms with Gasteiger partial charge in [0.25, 0.3) is 0 Å². The molecule has 0 aliphatic carbocycles. The number of imidazole rings is 1. The van der Waals surface area contributed by atoms with Crippen LogP contribution in [0.2, 0.25) is 0 Å². The molecule has 4 aromatic rings. The molecule has 4 rings (SSSR count). The van der Waals surface area contributed by atoms with Crippen LogP contribution >= 0.6 is 11.3 Å². The number of nitrogens with zero attached hydrogens (tertiary/aromatic N) is 3. The molecule has 0 unspecified atom stereocenters. The Kier molecular flexibility index (Phi) is 5.85. The van der Waals surface area contributed by atoms with Gasteiger partial charge in [0.05, 0.1) is 17.6 Å². The van der Waals surface area contributed by atoms with E-state index in [2.05, 4.69) is 21.0 Å². The molecule has 8 heteroatoms. The minimum absolute atomic E-state index is 0.0478. The Labute approximate surface area is 186 Å². The molecule has 31 heavy (non-hydrogen) atoms. The molecule has 0 aliphatic rings. The normalized spacial score (nSPS) is 12.0. The third kappa shape index (κ3) is 4.65. The molecule has 0 saturated carbocycles. The smallest absolute Gasteiger partial charge is 0.184 e. The van der Waals surface area contributed by atoms with E-state index in [-0.39, 0.29) is 18.1 Å². The topological polar surface area (TPSA) is 74.0 Å². The molecular formula is C23H25N3O3S2. The number of hydrogen-bond acceptors (Lipinski definition) is 5. The fourth-order valence-corrected chi connectivity index (χ4v) is 5.37. The lowest BCUT2D eigenvalue weighted by atomic mass is 10.1. The van der Waals surface area contributed by atoms with Crippen LogP contribution in [0.25, 0.3) is 11.0 Å². The molecular weight excluding hydrogens is 430 g/mol. The second-order valence-electron chi connectivity index (χ2n) is 7.86. The zero-order chi connectivity index (χ0) is 22.2. The first-order valence-corrected chi connectivity index (χ1v) is 13.0. The largest absolute Gasteiger partial charge is 0.348 e. The number of rotatable bonds is 8. The van der Waals surface area contributed by atoms with Crippen molar-refractivity contribution < 1.29 is 13.2 Å². The van der Waals surface area contributed by atoms with Gasteiger partial charge in [0.1, 0.15) is 11.6 Å². The lowest BCUT2D eigenvalue weighted by Gasteiger charge is -2.10. The van der Waals surface area contributed by atoms with E-state index in [0.717, 1.165) is 29.9 Å². The first-order valence-electron chi connectivity index (χ1n) is 10.1. The number of hydrogen-bond donors (Lipinski definition) is 0. The second-order valence-corrected chi connectivity index (χ2v) is 11.0. The summed E-state index contributed by atoms with van der Waals surface area (Å²) < 4.78 is 27.7. The highest BCUT2D eigenvalue weighted by Gasteiger charge is 2.21. The van der Waals surface area contributed by atoms with Crippen LogP contribution in [0.3, 0.4) is 0 Å². The summed E-state index contributed by atoms with van der Waals surface area (Å²) in [4.78, 5) is 19.1. The Hall–Kier alpha value is -2.71. The Balaban J connectivity index is 1.63. The summed E-state index contributed by atoms with van der Waals surface area (Å²) in [7, 11) is -3.29. The lowest BCUT2D eigenvalue weighted by molar-refractivity contribution is 0.0971. The quantitative estimate of drug-likeness (QED) is 0.374. The zero-order valence-electron chi connectivity index (χ0n) is 17.8. The van der Waals surface area contributed by atoms with E-state index in [1.807, 2.05) is 50.2 Å². The molecule has 6 nitrogen and oxygen atoms in total. The monoisotopic (exact) mass is 455 g/mol. The third-order valence-electron chi connectivity index (χ3n) is 5.46. The van der Waals surface area contributed by atoms with Crippen LogP contribution in [0.4, 0.5) is 0 Å². The highest BCUT2D eigenvalue weighted by atomic mass is 32.2. The van der Waals surface area contributed by atoms with Gasteiger partial charge in [-0.15, -0.1) is 11.3 Å². The van der Waals surface area contributed by atoms with Crippen molar-refractivity contribution in [1.82, 2.24) is 14.1 Å². The van der Waals surface area contributed by atoms with Gasteiger partial charge in [-0.25, -0.2) is 13.4 Å². The molecule has 0 amide bonds. The molecule has 0 aliphatic heterocycles. The van der Waals surface area contributed by atoms with Crippen molar-refractivity contribution in [3.05, 3.63) is 75.5 Å². The predicted octanol–water partition coefficient (Wildman–Crippen LogP) is 4.19. The maximum Gasteiger partial charge on any atom is 0.184 e. The summed E-state index contributed by atoms with van der Waals surface area (Å²) in [6.07, 6.45) is 2.10. The number of para-hydroxylation sites is 2. The minimum Gasteiger partial charge on any atom is -0.348 e. The number of carbonyl (C=O) groups is 1. The number of aromatic nitrogens is 3. The molecule has 0 bridgehead atoms. The van der Waals surface area contributed by atoms with Crippen molar-refractivity contribution in [2.45, 2.75) is 39.1 Å². The second kappa shape index (κ2) is 8.43. The number of sulfone groups is 1. The summed E-state index contributed by atoms with van der Waals surface area (Å²) in [5.41, 5.74) is 4.11.